The van der Waals surface area contributed by atoms with E-state index < -0.39 is 45.3 Å². The van der Waals surface area contributed by atoms with Gasteiger partial charge in [-0.2, -0.15) is 4.31 Å². The Bertz CT molecular complexity index is 1340. The van der Waals surface area contributed by atoms with Crippen LogP contribution in [0.25, 0.3) is 0 Å². The minimum atomic E-state index is -4.01. The number of phenols is 3. The molecule has 11 heteroatoms. The number of nitrogens with zero attached hydrogens (tertiary/aromatic N) is 1. The first-order valence-corrected chi connectivity index (χ1v) is 13.8. The van der Waals surface area contributed by atoms with Gasteiger partial charge in [0.1, 0.15) is 5.75 Å². The van der Waals surface area contributed by atoms with Gasteiger partial charge >= 0.3 is 0 Å². The van der Waals surface area contributed by atoms with Gasteiger partial charge in [0.15, 0.2) is 17.2 Å². The monoisotopic (exact) mass is 558 g/mol. The molecule has 0 spiro atoms. The van der Waals surface area contributed by atoms with Crippen molar-refractivity contribution in [2.75, 3.05) is 20.2 Å². The summed E-state index contributed by atoms with van der Waals surface area (Å²) in [5.41, 5.74) is 0.629. The molecular formula is C28H34N2O8S. The fraction of sp³-hybridized carbons (Fsp3) is 0.321. The zero-order chi connectivity index (χ0) is 28.7. The van der Waals surface area contributed by atoms with Gasteiger partial charge in [-0.3, -0.25) is 4.79 Å². The van der Waals surface area contributed by atoms with Crippen LogP contribution in [0.2, 0.25) is 0 Å². The Balaban J connectivity index is 1.91. The molecule has 1 amide bonds. The van der Waals surface area contributed by atoms with E-state index in [2.05, 4.69) is 5.32 Å². The van der Waals surface area contributed by atoms with Crippen molar-refractivity contribution >= 4 is 15.9 Å². The lowest BCUT2D eigenvalue weighted by Gasteiger charge is -2.31. The van der Waals surface area contributed by atoms with Crippen molar-refractivity contribution in [2.24, 2.45) is 5.92 Å². The van der Waals surface area contributed by atoms with E-state index in [9.17, 15) is 33.6 Å². The standard InChI is InChI=1S/C28H34N2O8S/c1-18(2)16-30(39(36,37)22-11-9-21(38-3)10-12-22)17-26(33)23(13-19-7-5-4-6-8-19)29-28(35)20-14-24(31)27(34)25(32)15-20/h4-12,14-15,18,23,26,31-34H,13,16-17H2,1-3H3,(H,29,35)/t23-,26+/m0/s1. The van der Waals surface area contributed by atoms with Gasteiger partial charge in [-0.25, -0.2) is 8.42 Å². The molecule has 3 aromatic carbocycles. The molecule has 2 atom stereocenters. The van der Waals surface area contributed by atoms with Crippen LogP contribution in [0, 0.1) is 5.92 Å². The molecule has 3 aromatic rings. The van der Waals surface area contributed by atoms with Gasteiger partial charge < -0.3 is 30.5 Å². The van der Waals surface area contributed by atoms with E-state index in [1.807, 2.05) is 32.0 Å². The number of ether oxygens (including phenoxy) is 1. The van der Waals surface area contributed by atoms with Gasteiger partial charge in [0.2, 0.25) is 10.0 Å². The summed E-state index contributed by atoms with van der Waals surface area (Å²) in [4.78, 5) is 13.1. The predicted octanol–water partition coefficient (Wildman–Crippen LogP) is 2.86. The van der Waals surface area contributed by atoms with Crippen LogP contribution < -0.4 is 10.1 Å². The van der Waals surface area contributed by atoms with Gasteiger partial charge in [0.05, 0.1) is 24.2 Å². The van der Waals surface area contributed by atoms with Crippen molar-refractivity contribution in [3.8, 4) is 23.0 Å². The third-order valence-corrected chi connectivity index (χ3v) is 7.91. The van der Waals surface area contributed by atoms with Crippen molar-refractivity contribution in [3.05, 3.63) is 77.9 Å². The van der Waals surface area contributed by atoms with E-state index >= 15 is 0 Å². The Kier molecular flexibility index (Phi) is 9.79. The lowest BCUT2D eigenvalue weighted by molar-refractivity contribution is 0.0775. The van der Waals surface area contributed by atoms with Crippen LogP contribution in [-0.2, 0) is 16.4 Å². The molecule has 0 aliphatic heterocycles. The van der Waals surface area contributed by atoms with E-state index in [0.717, 1.165) is 17.7 Å². The van der Waals surface area contributed by atoms with E-state index in [-0.39, 0.29) is 35.9 Å². The number of hydrogen-bond donors (Lipinski definition) is 5. The second-order valence-corrected chi connectivity index (χ2v) is 11.5. The van der Waals surface area contributed by atoms with Crippen LogP contribution in [0.4, 0.5) is 0 Å². The normalized spacial score (nSPS) is 13.3. The molecule has 39 heavy (non-hydrogen) atoms. The molecule has 3 rings (SSSR count). The van der Waals surface area contributed by atoms with Gasteiger partial charge in [0, 0.05) is 18.7 Å². The highest BCUT2D eigenvalue weighted by Gasteiger charge is 2.31. The van der Waals surface area contributed by atoms with Crippen LogP contribution in [-0.4, -0.2) is 71.4 Å². The van der Waals surface area contributed by atoms with Gasteiger partial charge in [-0.15, -0.1) is 0 Å². The summed E-state index contributed by atoms with van der Waals surface area (Å²) in [6.07, 6.45) is -1.16. The number of carbonyl (C=O) groups is 1. The number of nitrogens with one attached hydrogen (secondary N) is 1. The highest BCUT2D eigenvalue weighted by molar-refractivity contribution is 7.89. The average molecular weight is 559 g/mol. The SMILES string of the molecule is COc1ccc(S(=O)(=O)N(CC(C)C)C[C@@H](O)[C@H](Cc2ccccc2)NC(=O)c2cc(O)c(O)c(O)c2)cc1. The first kappa shape index (κ1) is 29.8. The van der Waals surface area contributed by atoms with E-state index in [1.165, 1.54) is 35.7 Å². The molecule has 0 heterocycles. The summed E-state index contributed by atoms with van der Waals surface area (Å²) in [5, 5.41) is 43.3. The number of rotatable bonds is 12. The minimum Gasteiger partial charge on any atom is -0.504 e. The average Bonchev–Trinajstić information content (AvgIpc) is 2.90. The number of aliphatic hydroxyl groups is 1. The Labute approximate surface area is 228 Å². The van der Waals surface area contributed by atoms with E-state index in [1.54, 1.807) is 12.1 Å². The van der Waals surface area contributed by atoms with Gasteiger partial charge in [-0.05, 0) is 54.3 Å². The number of aliphatic hydroxyl groups excluding tert-OH is 1. The fourth-order valence-electron chi connectivity index (χ4n) is 4.05. The van der Waals surface area contributed by atoms with Crippen LogP contribution in [0.3, 0.4) is 0 Å². The summed E-state index contributed by atoms with van der Waals surface area (Å²) in [5.74, 6) is -2.44. The molecule has 0 aliphatic carbocycles. The van der Waals surface area contributed by atoms with Crippen LogP contribution >= 0.6 is 0 Å². The lowest BCUT2D eigenvalue weighted by Crippen LogP contribution is -2.51. The zero-order valence-corrected chi connectivity index (χ0v) is 22.8. The van der Waals surface area contributed by atoms with Gasteiger partial charge in [0.25, 0.3) is 5.91 Å². The largest absolute Gasteiger partial charge is 0.504 e. The molecule has 0 saturated heterocycles. The second kappa shape index (κ2) is 12.8. The number of benzene rings is 3. The van der Waals surface area contributed by atoms with Crippen molar-refractivity contribution in [2.45, 2.75) is 37.3 Å². The summed E-state index contributed by atoms with van der Waals surface area (Å²) >= 11 is 0. The van der Waals surface area contributed by atoms with E-state index in [0.29, 0.717) is 5.75 Å². The summed E-state index contributed by atoms with van der Waals surface area (Å²) in [6.45, 7) is 3.53. The Morgan fingerprint density at radius 3 is 2.08 bits per heavy atom. The summed E-state index contributed by atoms with van der Waals surface area (Å²) < 4.78 is 33.4. The Hall–Kier alpha value is -3.80. The molecule has 0 fully saturated rings. The lowest BCUT2D eigenvalue weighted by atomic mass is 10.00. The molecule has 0 bridgehead atoms. The van der Waals surface area contributed by atoms with Crippen molar-refractivity contribution in [1.29, 1.82) is 0 Å². The molecule has 0 saturated carbocycles. The smallest absolute Gasteiger partial charge is 0.251 e. The third-order valence-electron chi connectivity index (χ3n) is 6.07. The predicted molar refractivity (Wildman–Crippen MR) is 145 cm³/mol. The molecule has 0 unspecified atom stereocenters. The Morgan fingerprint density at radius 2 is 1.54 bits per heavy atom. The second-order valence-electron chi connectivity index (χ2n) is 9.59. The summed E-state index contributed by atoms with van der Waals surface area (Å²) in [6, 6.07) is 16.0. The highest BCUT2D eigenvalue weighted by Crippen LogP contribution is 2.35. The number of hydrogen-bond acceptors (Lipinski definition) is 8. The topological polar surface area (TPSA) is 157 Å². The maximum atomic E-state index is 13.5. The number of carbonyl (C=O) groups excluding carboxylic acids is 1. The zero-order valence-electron chi connectivity index (χ0n) is 22.0. The first-order chi connectivity index (χ1) is 18.4. The van der Waals surface area contributed by atoms with Crippen molar-refractivity contribution < 1.29 is 38.4 Å². The molecule has 210 valence electrons. The maximum absolute atomic E-state index is 13.5. The minimum absolute atomic E-state index is 0.0369. The van der Waals surface area contributed by atoms with E-state index in [4.69, 9.17) is 4.74 Å². The molecule has 10 nitrogen and oxygen atoms in total. The number of methoxy groups -OCH3 is 1. The summed E-state index contributed by atoms with van der Waals surface area (Å²) in [7, 11) is -2.53. The number of phenolic OH excluding ortho intramolecular Hbond substituents is 3. The van der Waals surface area contributed by atoms with Crippen LogP contribution in [0.1, 0.15) is 29.8 Å². The maximum Gasteiger partial charge on any atom is 0.251 e. The molecule has 0 aromatic heterocycles. The molecule has 5 N–H and O–H groups in total. The van der Waals surface area contributed by atoms with Crippen molar-refractivity contribution in [3.63, 3.8) is 0 Å². The van der Waals surface area contributed by atoms with Gasteiger partial charge in [-0.1, -0.05) is 44.2 Å². The first-order valence-electron chi connectivity index (χ1n) is 12.3. The van der Waals surface area contributed by atoms with Crippen molar-refractivity contribution in [1.82, 2.24) is 9.62 Å². The number of aromatic hydroxyl groups is 3. The fourth-order valence-corrected chi connectivity index (χ4v) is 5.67. The number of amides is 1. The van der Waals surface area contributed by atoms with Crippen LogP contribution in [0.5, 0.6) is 23.0 Å². The quantitative estimate of drug-likeness (QED) is 0.213. The third kappa shape index (κ3) is 7.62. The highest BCUT2D eigenvalue weighted by atomic mass is 32.2. The Morgan fingerprint density at radius 1 is 0.949 bits per heavy atom. The molecule has 0 aliphatic rings. The van der Waals surface area contributed by atoms with Crippen LogP contribution in [0.15, 0.2) is 71.6 Å². The molecular weight excluding hydrogens is 524 g/mol. The number of sulfonamides is 1. The molecule has 0 radical (unpaired) electrons.